The molecule has 3 aromatic rings. The molecule has 2 heterocycles. The van der Waals surface area contributed by atoms with E-state index in [2.05, 4.69) is 10.3 Å². The van der Waals surface area contributed by atoms with E-state index in [9.17, 15) is 13.2 Å². The number of amides is 1. The van der Waals surface area contributed by atoms with Gasteiger partial charge in [-0.1, -0.05) is 11.6 Å². The van der Waals surface area contributed by atoms with Crippen LogP contribution >= 0.6 is 11.6 Å². The van der Waals surface area contributed by atoms with E-state index in [0.29, 0.717) is 33.1 Å². The van der Waals surface area contributed by atoms with Gasteiger partial charge in [0.15, 0.2) is 0 Å². The van der Waals surface area contributed by atoms with Crippen molar-refractivity contribution >= 4 is 44.4 Å². The van der Waals surface area contributed by atoms with Crippen molar-refractivity contribution in [1.82, 2.24) is 10.3 Å². The lowest BCUT2D eigenvalue weighted by Crippen LogP contribution is -2.27. The molecular formula is C20H20ClN3O4S. The molecule has 1 amide bonds. The molecule has 1 N–H and O–H groups in total. The van der Waals surface area contributed by atoms with E-state index in [-0.39, 0.29) is 17.5 Å². The molecule has 1 fully saturated rings. The van der Waals surface area contributed by atoms with Crippen LogP contribution in [0.15, 0.2) is 34.7 Å². The first-order valence-electron chi connectivity index (χ1n) is 9.10. The number of carbonyl (C=O) groups excluding carboxylic acids is 1. The Hall–Kier alpha value is -2.58. The van der Waals surface area contributed by atoms with Crippen LogP contribution in [0, 0.1) is 0 Å². The number of nitrogens with one attached hydrogen (secondary N) is 1. The lowest BCUT2D eigenvalue weighted by atomic mass is 10.0. The zero-order valence-electron chi connectivity index (χ0n) is 16.2. The minimum absolute atomic E-state index is 0.212. The summed E-state index contributed by atoms with van der Waals surface area (Å²) in [4.78, 5) is 17.2. The average molecular weight is 434 g/mol. The van der Waals surface area contributed by atoms with Crippen LogP contribution in [0.4, 0.5) is 5.82 Å². The Labute approximate surface area is 173 Å². The molecule has 0 bridgehead atoms. The Balaban J connectivity index is 2.00. The summed E-state index contributed by atoms with van der Waals surface area (Å²) in [6.07, 6.45) is 3.04. The van der Waals surface area contributed by atoms with E-state index in [4.69, 9.17) is 16.0 Å². The van der Waals surface area contributed by atoms with Crippen molar-refractivity contribution in [3.8, 4) is 11.3 Å². The second kappa shape index (κ2) is 7.03. The van der Waals surface area contributed by atoms with Crippen LogP contribution in [0.2, 0.25) is 5.02 Å². The number of benzene rings is 1. The maximum absolute atomic E-state index is 12.7. The molecule has 1 aliphatic rings. The first kappa shape index (κ1) is 19.7. The molecule has 1 aromatic carbocycles. The smallest absolute Gasteiger partial charge is 0.255 e. The summed E-state index contributed by atoms with van der Waals surface area (Å²) in [5.74, 6) is 0.616. The first-order chi connectivity index (χ1) is 13.7. The van der Waals surface area contributed by atoms with Crippen molar-refractivity contribution in [2.45, 2.75) is 18.8 Å². The van der Waals surface area contributed by atoms with Crippen molar-refractivity contribution in [3.63, 3.8) is 0 Å². The molecule has 9 heteroatoms. The van der Waals surface area contributed by atoms with E-state index in [1.165, 1.54) is 7.05 Å². The number of carbonyl (C=O) groups is 1. The van der Waals surface area contributed by atoms with Crippen LogP contribution in [0.25, 0.3) is 22.4 Å². The lowest BCUT2D eigenvalue weighted by Gasteiger charge is -2.18. The number of fused-ring (bicyclic) bond motifs is 1. The third-order valence-corrected chi connectivity index (χ3v) is 6.48. The van der Waals surface area contributed by atoms with Crippen molar-refractivity contribution in [3.05, 3.63) is 46.5 Å². The van der Waals surface area contributed by atoms with Crippen LogP contribution in [0.1, 0.15) is 34.7 Å². The summed E-state index contributed by atoms with van der Waals surface area (Å²) in [5.41, 5.74) is 2.06. The van der Waals surface area contributed by atoms with Crippen molar-refractivity contribution in [2.24, 2.45) is 0 Å². The van der Waals surface area contributed by atoms with Crippen LogP contribution in [-0.4, -0.2) is 39.7 Å². The van der Waals surface area contributed by atoms with Gasteiger partial charge in [-0.2, -0.15) is 4.98 Å². The number of furan rings is 1. The molecule has 0 aliphatic heterocycles. The third kappa shape index (κ3) is 3.58. The minimum atomic E-state index is -3.50. The van der Waals surface area contributed by atoms with Gasteiger partial charge in [0.05, 0.1) is 17.2 Å². The number of halogens is 1. The summed E-state index contributed by atoms with van der Waals surface area (Å²) in [6.45, 7) is 0. The highest BCUT2D eigenvalue weighted by Gasteiger charge is 2.33. The van der Waals surface area contributed by atoms with Gasteiger partial charge in [0, 0.05) is 24.7 Å². The molecule has 1 aliphatic carbocycles. The Kier molecular flexibility index (Phi) is 4.78. The van der Waals surface area contributed by atoms with Crippen LogP contribution < -0.4 is 9.62 Å². The van der Waals surface area contributed by atoms with Gasteiger partial charge in [-0.05, 0) is 54.7 Å². The predicted octanol–water partition coefficient (Wildman–Crippen LogP) is 3.78. The number of rotatable bonds is 5. The number of nitrogens with zero attached hydrogens (tertiary/aromatic N) is 2. The Morgan fingerprint density at radius 2 is 1.93 bits per heavy atom. The number of aromatic nitrogens is 1. The number of hydrogen-bond donors (Lipinski definition) is 1. The maximum Gasteiger partial charge on any atom is 0.255 e. The molecule has 0 atom stereocenters. The monoisotopic (exact) mass is 433 g/mol. The van der Waals surface area contributed by atoms with E-state index in [1.54, 1.807) is 31.3 Å². The molecule has 29 heavy (non-hydrogen) atoms. The highest BCUT2D eigenvalue weighted by atomic mass is 35.5. The van der Waals surface area contributed by atoms with E-state index < -0.39 is 10.0 Å². The summed E-state index contributed by atoms with van der Waals surface area (Å²) >= 11 is 5.98. The second-order valence-electron chi connectivity index (χ2n) is 7.15. The zero-order chi connectivity index (χ0) is 20.9. The SMILES string of the molecule is CNC(=O)c1c(-c2ccc(Cl)cc2)oc2nc(N(C)S(C)(=O)=O)c(C3CC3)cc12. The fraction of sp³-hybridized carbons (Fsp3) is 0.300. The maximum atomic E-state index is 12.7. The van der Waals surface area contributed by atoms with Crippen LogP contribution in [0.3, 0.4) is 0 Å². The summed E-state index contributed by atoms with van der Waals surface area (Å²) in [5, 5.41) is 3.77. The van der Waals surface area contributed by atoms with Gasteiger partial charge < -0.3 is 9.73 Å². The van der Waals surface area contributed by atoms with Gasteiger partial charge in [0.1, 0.15) is 11.6 Å². The molecule has 0 saturated heterocycles. The number of pyridine rings is 1. The third-order valence-electron chi connectivity index (χ3n) is 5.06. The highest BCUT2D eigenvalue weighted by Crippen LogP contribution is 2.46. The van der Waals surface area contributed by atoms with Gasteiger partial charge in [-0.15, -0.1) is 0 Å². The van der Waals surface area contributed by atoms with Crippen molar-refractivity contribution in [2.75, 3.05) is 24.7 Å². The van der Waals surface area contributed by atoms with E-state index >= 15 is 0 Å². The van der Waals surface area contributed by atoms with E-state index in [0.717, 1.165) is 29.0 Å². The van der Waals surface area contributed by atoms with Gasteiger partial charge in [-0.3, -0.25) is 9.10 Å². The number of hydrogen-bond acceptors (Lipinski definition) is 5. The molecular weight excluding hydrogens is 414 g/mol. The quantitative estimate of drug-likeness (QED) is 0.661. The van der Waals surface area contributed by atoms with Gasteiger partial charge in [0.25, 0.3) is 5.91 Å². The fourth-order valence-corrected chi connectivity index (χ4v) is 3.88. The molecule has 4 rings (SSSR count). The summed E-state index contributed by atoms with van der Waals surface area (Å²) in [6, 6.07) is 8.79. The lowest BCUT2D eigenvalue weighted by molar-refractivity contribution is 0.0964. The number of anilines is 1. The van der Waals surface area contributed by atoms with Gasteiger partial charge >= 0.3 is 0 Å². The first-order valence-corrected chi connectivity index (χ1v) is 11.3. The van der Waals surface area contributed by atoms with E-state index in [1.807, 2.05) is 6.07 Å². The predicted molar refractivity (Wildman–Crippen MR) is 113 cm³/mol. The van der Waals surface area contributed by atoms with Gasteiger partial charge in [-0.25, -0.2) is 8.42 Å². The van der Waals surface area contributed by atoms with Crippen molar-refractivity contribution < 1.29 is 17.6 Å². The molecule has 0 unspecified atom stereocenters. The minimum Gasteiger partial charge on any atom is -0.437 e. The largest absolute Gasteiger partial charge is 0.437 e. The summed E-state index contributed by atoms with van der Waals surface area (Å²) in [7, 11) is -0.479. The van der Waals surface area contributed by atoms with Crippen LogP contribution in [0.5, 0.6) is 0 Å². The highest BCUT2D eigenvalue weighted by molar-refractivity contribution is 7.92. The summed E-state index contributed by atoms with van der Waals surface area (Å²) < 4.78 is 31.4. The molecule has 152 valence electrons. The Bertz CT molecular complexity index is 1210. The Morgan fingerprint density at radius 3 is 2.48 bits per heavy atom. The molecule has 0 spiro atoms. The zero-order valence-corrected chi connectivity index (χ0v) is 17.8. The normalized spacial score (nSPS) is 14.2. The molecule has 1 saturated carbocycles. The molecule has 7 nitrogen and oxygen atoms in total. The average Bonchev–Trinajstić information content (AvgIpc) is 3.46. The van der Waals surface area contributed by atoms with Gasteiger partial charge in [0.2, 0.25) is 15.7 Å². The Morgan fingerprint density at radius 1 is 1.28 bits per heavy atom. The second-order valence-corrected chi connectivity index (χ2v) is 9.60. The van der Waals surface area contributed by atoms with Crippen molar-refractivity contribution in [1.29, 1.82) is 0 Å². The fourth-order valence-electron chi connectivity index (χ4n) is 3.29. The number of sulfonamides is 1. The molecule has 0 radical (unpaired) electrons. The van der Waals surface area contributed by atoms with Crippen LogP contribution in [-0.2, 0) is 10.0 Å². The standard InChI is InChI=1S/C20H20ClN3O4S/c1-22-19(25)16-15-10-14(11-4-5-11)18(24(2)29(3,26)27)23-20(15)28-17(16)12-6-8-13(21)9-7-12/h6-11H,4-5H2,1-3H3,(H,22,25). The molecule has 2 aromatic heterocycles. The topological polar surface area (TPSA) is 92.5 Å².